The van der Waals surface area contributed by atoms with Crippen LogP contribution in [0.4, 0.5) is 10.1 Å². The summed E-state index contributed by atoms with van der Waals surface area (Å²) in [4.78, 5) is 20.6. The number of anilines is 1. The van der Waals surface area contributed by atoms with Crippen molar-refractivity contribution < 1.29 is 9.18 Å². The summed E-state index contributed by atoms with van der Waals surface area (Å²) < 4.78 is 13.4. The van der Waals surface area contributed by atoms with Gasteiger partial charge in [-0.3, -0.25) is 9.78 Å². The van der Waals surface area contributed by atoms with E-state index in [4.69, 9.17) is 0 Å². The lowest BCUT2D eigenvalue weighted by Crippen LogP contribution is -2.27. The molecule has 4 nitrogen and oxygen atoms in total. The number of rotatable bonds is 3. The van der Waals surface area contributed by atoms with Crippen LogP contribution in [0.25, 0.3) is 21.8 Å². The van der Waals surface area contributed by atoms with E-state index >= 15 is 0 Å². The molecular weight excluding hydrogens is 329 g/mol. The van der Waals surface area contributed by atoms with E-state index in [-0.39, 0.29) is 11.7 Å². The van der Waals surface area contributed by atoms with Crippen LogP contribution in [0.5, 0.6) is 0 Å². The summed E-state index contributed by atoms with van der Waals surface area (Å²) in [5.74, 6) is -0.331. The summed E-state index contributed by atoms with van der Waals surface area (Å²) >= 11 is 0. The van der Waals surface area contributed by atoms with Gasteiger partial charge in [-0.15, -0.1) is 0 Å². The predicted molar refractivity (Wildman–Crippen MR) is 99.5 cm³/mol. The molecule has 2 aromatic carbocycles. The van der Waals surface area contributed by atoms with Crippen LogP contribution >= 0.6 is 0 Å². The molecule has 26 heavy (non-hydrogen) atoms. The first-order valence-corrected chi connectivity index (χ1v) is 8.60. The number of hydrogen-bond acceptors (Lipinski definition) is 2. The van der Waals surface area contributed by atoms with Gasteiger partial charge in [-0.2, -0.15) is 0 Å². The number of carbonyl (C=O) groups is 1. The monoisotopic (exact) mass is 345 g/mol. The van der Waals surface area contributed by atoms with Crippen LogP contribution in [0.2, 0.25) is 0 Å². The van der Waals surface area contributed by atoms with Crippen molar-refractivity contribution in [1.29, 1.82) is 0 Å². The summed E-state index contributed by atoms with van der Waals surface area (Å²) in [5.41, 5.74) is 2.57. The highest BCUT2D eigenvalue weighted by molar-refractivity contribution is 6.08. The Morgan fingerprint density at radius 1 is 1.15 bits per heavy atom. The zero-order chi connectivity index (χ0) is 17.7. The Balaban J connectivity index is 1.53. The number of amides is 1. The number of carbonyl (C=O) groups excluding carboxylic acids is 1. The highest BCUT2D eigenvalue weighted by Crippen LogP contribution is 2.51. The van der Waals surface area contributed by atoms with Gasteiger partial charge >= 0.3 is 0 Å². The van der Waals surface area contributed by atoms with E-state index in [2.05, 4.69) is 15.3 Å². The maximum absolute atomic E-state index is 13.4. The fourth-order valence-corrected chi connectivity index (χ4v) is 3.69. The van der Waals surface area contributed by atoms with E-state index in [9.17, 15) is 9.18 Å². The first-order chi connectivity index (χ1) is 12.7. The lowest BCUT2D eigenvalue weighted by molar-refractivity contribution is -0.118. The normalized spacial score (nSPS) is 15.3. The Kier molecular flexibility index (Phi) is 3.13. The first kappa shape index (κ1) is 15.1. The fourth-order valence-electron chi connectivity index (χ4n) is 3.69. The van der Waals surface area contributed by atoms with Crippen LogP contribution in [0.1, 0.15) is 18.4 Å². The molecule has 0 saturated heterocycles. The van der Waals surface area contributed by atoms with Gasteiger partial charge in [0.2, 0.25) is 5.91 Å². The molecule has 4 aromatic rings. The zero-order valence-electron chi connectivity index (χ0n) is 13.9. The van der Waals surface area contributed by atoms with E-state index in [1.165, 1.54) is 12.1 Å². The summed E-state index contributed by atoms with van der Waals surface area (Å²) in [6.45, 7) is 0. The van der Waals surface area contributed by atoms with Gasteiger partial charge in [0.1, 0.15) is 5.82 Å². The second-order valence-electron chi connectivity index (χ2n) is 6.81. The van der Waals surface area contributed by atoms with Crippen LogP contribution in [0.3, 0.4) is 0 Å². The van der Waals surface area contributed by atoms with Crippen LogP contribution in [0, 0.1) is 5.82 Å². The number of pyridine rings is 1. The van der Waals surface area contributed by atoms with Crippen molar-refractivity contribution in [3.63, 3.8) is 0 Å². The largest absolute Gasteiger partial charge is 0.361 e. The molecule has 1 saturated carbocycles. The Morgan fingerprint density at radius 3 is 2.85 bits per heavy atom. The van der Waals surface area contributed by atoms with Gasteiger partial charge < -0.3 is 10.3 Å². The highest BCUT2D eigenvalue weighted by atomic mass is 19.1. The number of benzene rings is 2. The summed E-state index contributed by atoms with van der Waals surface area (Å²) in [7, 11) is 0. The Labute approximate surface area is 149 Å². The molecule has 5 heteroatoms. The zero-order valence-corrected chi connectivity index (χ0v) is 13.9. The number of halogens is 1. The van der Waals surface area contributed by atoms with Crippen LogP contribution < -0.4 is 5.32 Å². The molecule has 2 aromatic heterocycles. The molecule has 0 atom stereocenters. The molecular formula is C21H16FN3O. The van der Waals surface area contributed by atoms with Crippen LogP contribution in [-0.4, -0.2) is 15.9 Å². The highest BCUT2D eigenvalue weighted by Gasteiger charge is 2.52. The van der Waals surface area contributed by atoms with Crippen molar-refractivity contribution in [3.8, 4) is 0 Å². The number of aromatic amines is 1. The predicted octanol–water partition coefficient (Wildman–Crippen LogP) is 4.53. The summed E-state index contributed by atoms with van der Waals surface area (Å²) in [6.07, 6.45) is 5.11. The van der Waals surface area contributed by atoms with Crippen molar-refractivity contribution in [2.24, 2.45) is 0 Å². The van der Waals surface area contributed by atoms with Crippen molar-refractivity contribution >= 4 is 33.4 Å². The van der Waals surface area contributed by atoms with Gasteiger partial charge in [-0.1, -0.05) is 18.2 Å². The lowest BCUT2D eigenvalue weighted by Gasteiger charge is -2.16. The fraction of sp³-hybridized carbons (Fsp3) is 0.143. The van der Waals surface area contributed by atoms with E-state index in [1.54, 1.807) is 12.3 Å². The topological polar surface area (TPSA) is 57.8 Å². The third kappa shape index (κ3) is 2.20. The number of hydrogen-bond donors (Lipinski definition) is 2. The average Bonchev–Trinajstić information content (AvgIpc) is 3.36. The van der Waals surface area contributed by atoms with Crippen molar-refractivity contribution in [2.75, 3.05) is 5.32 Å². The van der Waals surface area contributed by atoms with Gasteiger partial charge in [0, 0.05) is 28.7 Å². The van der Waals surface area contributed by atoms with Gasteiger partial charge in [0.25, 0.3) is 0 Å². The summed E-state index contributed by atoms with van der Waals surface area (Å²) in [6, 6.07) is 14.2. The maximum atomic E-state index is 13.4. The minimum atomic E-state index is -0.562. The molecule has 0 spiro atoms. The number of aromatic nitrogens is 2. The molecule has 0 aliphatic heterocycles. The molecule has 0 unspecified atom stereocenters. The van der Waals surface area contributed by atoms with Crippen molar-refractivity contribution in [2.45, 2.75) is 18.3 Å². The molecule has 5 rings (SSSR count). The van der Waals surface area contributed by atoms with Gasteiger partial charge in [0.15, 0.2) is 0 Å². The van der Waals surface area contributed by atoms with E-state index in [0.29, 0.717) is 11.2 Å². The minimum absolute atomic E-state index is 0.0409. The number of H-pyrrole nitrogens is 1. The lowest BCUT2D eigenvalue weighted by atomic mass is 9.94. The molecule has 2 heterocycles. The van der Waals surface area contributed by atoms with Gasteiger partial charge in [-0.25, -0.2) is 4.39 Å². The average molecular weight is 345 g/mol. The Morgan fingerprint density at radius 2 is 2.00 bits per heavy atom. The van der Waals surface area contributed by atoms with Crippen LogP contribution in [0.15, 0.2) is 60.9 Å². The molecule has 0 radical (unpaired) electrons. The Bertz CT molecular complexity index is 1160. The number of nitrogens with one attached hydrogen (secondary N) is 2. The molecule has 1 amide bonds. The van der Waals surface area contributed by atoms with E-state index < -0.39 is 5.41 Å². The quantitative estimate of drug-likeness (QED) is 0.573. The van der Waals surface area contributed by atoms with Gasteiger partial charge in [0.05, 0.1) is 16.6 Å². The number of nitrogens with zero attached hydrogens (tertiary/aromatic N) is 1. The van der Waals surface area contributed by atoms with Crippen molar-refractivity contribution in [3.05, 3.63) is 72.3 Å². The molecule has 128 valence electrons. The first-order valence-electron chi connectivity index (χ1n) is 8.60. The molecule has 1 aliphatic carbocycles. The SMILES string of the molecule is O=C(Nc1cccc2cccnc12)C1(c2c[nH]c3cc(F)ccc23)CC1. The number of para-hydroxylation sites is 1. The van der Waals surface area contributed by atoms with Crippen LogP contribution in [-0.2, 0) is 10.2 Å². The Hall–Kier alpha value is -3.21. The maximum Gasteiger partial charge on any atom is 0.235 e. The standard InChI is InChI=1S/C21H16FN3O/c22-14-6-7-15-16(12-24-18(15)11-14)21(8-9-21)20(26)25-17-5-1-3-13-4-2-10-23-19(13)17/h1-7,10-12,24H,8-9H2,(H,25,26). The smallest absolute Gasteiger partial charge is 0.235 e. The van der Waals surface area contributed by atoms with Crippen molar-refractivity contribution in [1.82, 2.24) is 9.97 Å². The molecule has 0 bridgehead atoms. The molecule has 2 N–H and O–H groups in total. The minimum Gasteiger partial charge on any atom is -0.361 e. The third-order valence-corrected chi connectivity index (χ3v) is 5.22. The van der Waals surface area contributed by atoms with Gasteiger partial charge in [-0.05, 0) is 48.7 Å². The third-order valence-electron chi connectivity index (χ3n) is 5.22. The van der Waals surface area contributed by atoms with E-state index in [0.717, 1.165) is 34.7 Å². The molecule has 1 aliphatic rings. The van der Waals surface area contributed by atoms with E-state index in [1.807, 2.05) is 36.5 Å². The second kappa shape index (κ2) is 5.39. The molecule has 1 fully saturated rings. The number of fused-ring (bicyclic) bond motifs is 2. The summed E-state index contributed by atoms with van der Waals surface area (Å²) in [5, 5.41) is 4.94. The second-order valence-corrected chi connectivity index (χ2v) is 6.81.